The summed E-state index contributed by atoms with van der Waals surface area (Å²) in [7, 11) is 0. The molecule has 0 aliphatic heterocycles. The summed E-state index contributed by atoms with van der Waals surface area (Å²) in [5.74, 6) is 1.92. The van der Waals surface area contributed by atoms with Gasteiger partial charge in [0.05, 0.1) is 4.88 Å². The van der Waals surface area contributed by atoms with Crippen LogP contribution in [0.1, 0.15) is 15.2 Å². The highest BCUT2D eigenvalue weighted by Crippen LogP contribution is 2.28. The van der Waals surface area contributed by atoms with Gasteiger partial charge in [-0.25, -0.2) is 4.39 Å². The van der Waals surface area contributed by atoms with Gasteiger partial charge in [0.25, 0.3) is 5.91 Å². The van der Waals surface area contributed by atoms with Crippen molar-refractivity contribution >= 4 is 33.0 Å². The molecule has 0 fully saturated rings. The van der Waals surface area contributed by atoms with Crippen LogP contribution in [0.15, 0.2) is 48.5 Å². The van der Waals surface area contributed by atoms with E-state index < -0.39 is 0 Å². The number of rotatable bonds is 2. The Balaban J connectivity index is 1.90. The molecular formula is C17H10FNOS. The van der Waals surface area contributed by atoms with E-state index in [0.29, 0.717) is 21.5 Å². The third kappa shape index (κ3) is 2.64. The molecule has 102 valence electrons. The molecule has 2 nitrogen and oxygen atoms in total. The van der Waals surface area contributed by atoms with Crippen molar-refractivity contribution in [1.29, 1.82) is 0 Å². The van der Waals surface area contributed by atoms with Crippen molar-refractivity contribution < 1.29 is 9.18 Å². The Morgan fingerprint density at radius 1 is 1.19 bits per heavy atom. The number of hydrogen-bond donors (Lipinski definition) is 1. The molecule has 3 rings (SSSR count). The molecule has 0 aliphatic rings. The average molecular weight is 295 g/mol. The Bertz CT molecular complexity index is 876. The van der Waals surface area contributed by atoms with E-state index in [-0.39, 0.29) is 11.7 Å². The van der Waals surface area contributed by atoms with Crippen molar-refractivity contribution in [2.75, 3.05) is 5.32 Å². The number of benzene rings is 2. The molecule has 0 saturated carbocycles. The second kappa shape index (κ2) is 5.39. The standard InChI is InChI=1S/C17H10FNOS/c1-2-11-5-3-6-12(9-11)19-17(20)16-10-13-14(18)7-4-8-15(13)21-16/h1,3-10H,(H,19,20). The van der Waals surface area contributed by atoms with Gasteiger partial charge in [0.15, 0.2) is 0 Å². The van der Waals surface area contributed by atoms with Crippen LogP contribution in [-0.2, 0) is 0 Å². The summed E-state index contributed by atoms with van der Waals surface area (Å²) in [4.78, 5) is 12.7. The molecular weight excluding hydrogens is 285 g/mol. The minimum absolute atomic E-state index is 0.273. The number of carbonyl (C=O) groups excluding carboxylic acids is 1. The largest absolute Gasteiger partial charge is 0.321 e. The van der Waals surface area contributed by atoms with Crippen LogP contribution in [0.2, 0.25) is 0 Å². The monoisotopic (exact) mass is 295 g/mol. The van der Waals surface area contributed by atoms with E-state index >= 15 is 0 Å². The predicted molar refractivity (Wildman–Crippen MR) is 84.1 cm³/mol. The van der Waals surface area contributed by atoms with Gasteiger partial charge < -0.3 is 5.32 Å². The first-order chi connectivity index (χ1) is 10.2. The van der Waals surface area contributed by atoms with Gasteiger partial charge in [-0.05, 0) is 36.4 Å². The highest BCUT2D eigenvalue weighted by atomic mass is 32.1. The molecule has 4 heteroatoms. The minimum Gasteiger partial charge on any atom is -0.321 e. The van der Waals surface area contributed by atoms with Crippen LogP contribution in [0.25, 0.3) is 10.1 Å². The van der Waals surface area contributed by atoms with Gasteiger partial charge in [0.2, 0.25) is 0 Å². The van der Waals surface area contributed by atoms with Gasteiger partial charge in [0.1, 0.15) is 5.82 Å². The molecule has 1 heterocycles. The molecule has 0 aliphatic carbocycles. The van der Waals surface area contributed by atoms with Gasteiger partial charge in [-0.15, -0.1) is 17.8 Å². The van der Waals surface area contributed by atoms with Crippen molar-refractivity contribution in [2.45, 2.75) is 0 Å². The topological polar surface area (TPSA) is 29.1 Å². The lowest BCUT2D eigenvalue weighted by Gasteiger charge is -2.03. The number of fused-ring (bicyclic) bond motifs is 1. The van der Waals surface area contributed by atoms with E-state index in [0.717, 1.165) is 4.70 Å². The van der Waals surface area contributed by atoms with Crippen LogP contribution in [0, 0.1) is 18.2 Å². The lowest BCUT2D eigenvalue weighted by atomic mass is 10.2. The zero-order chi connectivity index (χ0) is 14.8. The zero-order valence-electron chi connectivity index (χ0n) is 10.9. The Labute approximate surface area is 125 Å². The molecule has 0 unspecified atom stereocenters. The molecule has 2 aromatic carbocycles. The third-order valence-corrected chi connectivity index (χ3v) is 4.12. The number of terminal acetylenes is 1. The molecule has 3 aromatic rings. The van der Waals surface area contributed by atoms with E-state index in [1.165, 1.54) is 17.4 Å². The second-order valence-electron chi connectivity index (χ2n) is 4.44. The van der Waals surface area contributed by atoms with Crippen molar-refractivity contribution in [1.82, 2.24) is 0 Å². The summed E-state index contributed by atoms with van der Waals surface area (Å²) in [6, 6.07) is 13.4. The molecule has 0 saturated heterocycles. The van der Waals surface area contributed by atoms with Gasteiger partial charge in [-0.2, -0.15) is 0 Å². The maximum absolute atomic E-state index is 13.6. The number of anilines is 1. The van der Waals surface area contributed by atoms with E-state index in [1.807, 2.05) is 0 Å². The fraction of sp³-hybridized carbons (Fsp3) is 0. The molecule has 1 amide bonds. The van der Waals surface area contributed by atoms with Gasteiger partial charge in [-0.1, -0.05) is 18.1 Å². The van der Waals surface area contributed by atoms with Crippen molar-refractivity contribution in [3.8, 4) is 12.3 Å². The Kier molecular flexibility index (Phi) is 3.43. The number of amides is 1. The van der Waals surface area contributed by atoms with Gasteiger partial charge in [0, 0.05) is 21.3 Å². The normalized spacial score (nSPS) is 10.3. The van der Waals surface area contributed by atoms with E-state index in [1.54, 1.807) is 42.5 Å². The summed E-state index contributed by atoms with van der Waals surface area (Å²) in [5, 5.41) is 3.23. The Morgan fingerprint density at radius 2 is 2.00 bits per heavy atom. The number of nitrogens with one attached hydrogen (secondary N) is 1. The number of thiophene rings is 1. The fourth-order valence-electron chi connectivity index (χ4n) is 2.02. The van der Waals surface area contributed by atoms with Crippen LogP contribution in [0.4, 0.5) is 10.1 Å². The van der Waals surface area contributed by atoms with Crippen LogP contribution in [-0.4, -0.2) is 5.91 Å². The molecule has 0 spiro atoms. The number of hydrogen-bond acceptors (Lipinski definition) is 2. The first-order valence-corrected chi connectivity index (χ1v) is 7.05. The van der Waals surface area contributed by atoms with Crippen LogP contribution in [0.5, 0.6) is 0 Å². The molecule has 1 aromatic heterocycles. The third-order valence-electron chi connectivity index (χ3n) is 3.02. The summed E-state index contributed by atoms with van der Waals surface area (Å²) < 4.78 is 14.4. The number of halogens is 1. The lowest BCUT2D eigenvalue weighted by Crippen LogP contribution is -2.10. The van der Waals surface area contributed by atoms with E-state index in [2.05, 4.69) is 11.2 Å². The highest BCUT2D eigenvalue weighted by Gasteiger charge is 2.12. The molecule has 0 atom stereocenters. The highest BCUT2D eigenvalue weighted by molar-refractivity contribution is 7.20. The SMILES string of the molecule is C#Cc1cccc(NC(=O)c2cc3c(F)cccc3s2)c1. The van der Waals surface area contributed by atoms with Crippen LogP contribution in [0.3, 0.4) is 0 Å². The van der Waals surface area contributed by atoms with Crippen LogP contribution < -0.4 is 5.32 Å². The van der Waals surface area contributed by atoms with Gasteiger partial charge >= 0.3 is 0 Å². The van der Waals surface area contributed by atoms with Crippen LogP contribution >= 0.6 is 11.3 Å². The Morgan fingerprint density at radius 3 is 2.76 bits per heavy atom. The molecule has 0 bridgehead atoms. The molecule has 21 heavy (non-hydrogen) atoms. The predicted octanol–water partition coefficient (Wildman–Crippen LogP) is 4.27. The summed E-state index contributed by atoms with van der Waals surface area (Å²) in [5.41, 5.74) is 1.31. The first-order valence-electron chi connectivity index (χ1n) is 6.23. The maximum atomic E-state index is 13.6. The quantitative estimate of drug-likeness (QED) is 0.703. The first kappa shape index (κ1) is 13.3. The van der Waals surface area contributed by atoms with Crippen molar-refractivity contribution in [3.63, 3.8) is 0 Å². The summed E-state index contributed by atoms with van der Waals surface area (Å²) in [6.45, 7) is 0. The second-order valence-corrected chi connectivity index (χ2v) is 5.53. The summed E-state index contributed by atoms with van der Waals surface area (Å²) >= 11 is 1.26. The van der Waals surface area contributed by atoms with Crippen molar-refractivity contribution in [3.05, 3.63) is 64.8 Å². The smallest absolute Gasteiger partial charge is 0.265 e. The number of carbonyl (C=O) groups is 1. The van der Waals surface area contributed by atoms with Gasteiger partial charge in [-0.3, -0.25) is 4.79 Å². The average Bonchev–Trinajstić information content (AvgIpc) is 2.93. The van der Waals surface area contributed by atoms with Crippen molar-refractivity contribution in [2.24, 2.45) is 0 Å². The lowest BCUT2D eigenvalue weighted by molar-refractivity contribution is 0.103. The maximum Gasteiger partial charge on any atom is 0.265 e. The molecule has 0 radical (unpaired) electrons. The fourth-order valence-corrected chi connectivity index (χ4v) is 2.99. The Hall–Kier alpha value is -2.64. The summed E-state index contributed by atoms with van der Waals surface area (Å²) in [6.07, 6.45) is 5.33. The molecule has 1 N–H and O–H groups in total. The minimum atomic E-state index is -0.322. The zero-order valence-corrected chi connectivity index (χ0v) is 11.7. The van der Waals surface area contributed by atoms with E-state index in [9.17, 15) is 9.18 Å². The van der Waals surface area contributed by atoms with E-state index in [4.69, 9.17) is 6.42 Å².